The van der Waals surface area contributed by atoms with Gasteiger partial charge in [-0.3, -0.25) is 0 Å². The Hall–Kier alpha value is -0.430. The van der Waals surface area contributed by atoms with E-state index in [1.807, 2.05) is 40.0 Å². The molecule has 21 heavy (non-hydrogen) atoms. The van der Waals surface area contributed by atoms with Crippen molar-refractivity contribution in [2.75, 3.05) is 0 Å². The first-order chi connectivity index (χ1) is 9.45. The topological polar surface area (TPSA) is 58.2 Å². The van der Waals surface area contributed by atoms with Gasteiger partial charge in [0.05, 0.1) is 0 Å². The van der Waals surface area contributed by atoms with Gasteiger partial charge in [0.1, 0.15) is 4.90 Å². The van der Waals surface area contributed by atoms with Crippen LogP contribution >= 0.6 is 11.3 Å². The Morgan fingerprint density at radius 1 is 1.24 bits per heavy atom. The predicted octanol–water partition coefficient (Wildman–Crippen LogP) is 3.27. The molecule has 6 heteroatoms. The Labute approximate surface area is 133 Å². The molecule has 0 aromatic carbocycles. The van der Waals surface area contributed by atoms with Gasteiger partial charge in [-0.15, -0.1) is 11.3 Å². The molecule has 0 amide bonds. The van der Waals surface area contributed by atoms with E-state index < -0.39 is 10.0 Å². The van der Waals surface area contributed by atoms with Crippen LogP contribution in [0, 0.1) is 12.3 Å². The minimum absolute atomic E-state index is 0.118. The lowest BCUT2D eigenvalue weighted by Gasteiger charge is -2.28. The van der Waals surface area contributed by atoms with Gasteiger partial charge in [-0.1, -0.05) is 34.6 Å². The Bertz CT molecular complexity index is 569. The molecule has 2 N–H and O–H groups in total. The maximum atomic E-state index is 12.7. The summed E-state index contributed by atoms with van der Waals surface area (Å²) >= 11 is 1.50. The molecule has 1 aromatic heterocycles. The number of thiophene rings is 1. The highest BCUT2D eigenvalue weighted by Gasteiger charge is 2.29. The summed E-state index contributed by atoms with van der Waals surface area (Å²) in [6.07, 6.45) is 0. The molecule has 1 atom stereocenters. The molecule has 1 heterocycles. The molecule has 122 valence electrons. The van der Waals surface area contributed by atoms with Crippen molar-refractivity contribution >= 4 is 21.4 Å². The van der Waals surface area contributed by atoms with Gasteiger partial charge < -0.3 is 5.32 Å². The number of rotatable bonds is 6. The fourth-order valence-corrected chi connectivity index (χ4v) is 4.95. The van der Waals surface area contributed by atoms with Crippen LogP contribution < -0.4 is 10.0 Å². The maximum absolute atomic E-state index is 12.7. The third-order valence-electron chi connectivity index (χ3n) is 3.56. The lowest BCUT2D eigenvalue weighted by Crippen LogP contribution is -2.41. The first-order valence-electron chi connectivity index (χ1n) is 7.28. The van der Waals surface area contributed by atoms with Crippen molar-refractivity contribution in [1.82, 2.24) is 10.0 Å². The van der Waals surface area contributed by atoms with Crippen molar-refractivity contribution in [3.8, 4) is 0 Å². The zero-order valence-corrected chi connectivity index (χ0v) is 15.7. The minimum Gasteiger partial charge on any atom is -0.310 e. The summed E-state index contributed by atoms with van der Waals surface area (Å²) in [6.45, 7) is 14.5. The Morgan fingerprint density at radius 2 is 1.81 bits per heavy atom. The van der Waals surface area contributed by atoms with Crippen LogP contribution in [0.5, 0.6) is 0 Å². The molecule has 0 fully saturated rings. The minimum atomic E-state index is -3.49. The van der Waals surface area contributed by atoms with E-state index in [0.717, 1.165) is 10.4 Å². The molecule has 0 saturated heterocycles. The average molecular weight is 333 g/mol. The molecule has 1 rings (SSSR count). The number of sulfonamides is 1. The number of aryl methyl sites for hydroxylation is 1. The Kier molecular flexibility index (Phi) is 6.00. The second-order valence-electron chi connectivity index (χ2n) is 6.92. The third kappa shape index (κ3) is 5.06. The average Bonchev–Trinajstić information content (AvgIpc) is 2.66. The molecule has 0 spiro atoms. The van der Waals surface area contributed by atoms with Gasteiger partial charge in [-0.25, -0.2) is 13.1 Å². The third-order valence-corrected chi connectivity index (χ3v) is 6.56. The first-order valence-corrected chi connectivity index (χ1v) is 9.64. The van der Waals surface area contributed by atoms with Crippen molar-refractivity contribution in [2.45, 2.75) is 72.0 Å². The Morgan fingerprint density at radius 3 is 2.29 bits per heavy atom. The van der Waals surface area contributed by atoms with Crippen molar-refractivity contribution in [3.05, 3.63) is 15.8 Å². The van der Waals surface area contributed by atoms with Crippen LogP contribution in [0.3, 0.4) is 0 Å². The molecule has 4 nitrogen and oxygen atoms in total. The smallest absolute Gasteiger partial charge is 0.242 e. The van der Waals surface area contributed by atoms with E-state index in [4.69, 9.17) is 0 Å². The van der Waals surface area contributed by atoms with Crippen molar-refractivity contribution in [1.29, 1.82) is 0 Å². The molecule has 0 saturated carbocycles. The van der Waals surface area contributed by atoms with E-state index in [0.29, 0.717) is 17.5 Å². The fourth-order valence-electron chi connectivity index (χ4n) is 1.74. The van der Waals surface area contributed by atoms with Crippen LogP contribution in [0.15, 0.2) is 10.3 Å². The zero-order valence-electron chi connectivity index (χ0n) is 14.1. The highest BCUT2D eigenvalue weighted by Crippen LogP contribution is 2.28. The van der Waals surface area contributed by atoms with E-state index >= 15 is 0 Å². The summed E-state index contributed by atoms with van der Waals surface area (Å²) in [5, 5.41) is 5.20. The van der Waals surface area contributed by atoms with Gasteiger partial charge >= 0.3 is 0 Å². The van der Waals surface area contributed by atoms with E-state index in [1.165, 1.54) is 11.3 Å². The summed E-state index contributed by atoms with van der Waals surface area (Å²) in [6, 6.07) is 0.192. The largest absolute Gasteiger partial charge is 0.310 e. The Balaban J connectivity index is 3.05. The summed E-state index contributed by atoms with van der Waals surface area (Å²) in [5.41, 5.74) is 0.696. The van der Waals surface area contributed by atoms with Crippen LogP contribution in [-0.2, 0) is 16.6 Å². The lowest BCUT2D eigenvalue weighted by molar-refractivity contribution is 0.317. The highest BCUT2D eigenvalue weighted by atomic mass is 32.2. The second kappa shape index (κ2) is 6.77. The number of hydrogen-bond acceptors (Lipinski definition) is 4. The molecule has 0 bridgehead atoms. The van der Waals surface area contributed by atoms with Crippen molar-refractivity contribution in [2.24, 2.45) is 5.41 Å². The van der Waals surface area contributed by atoms with Gasteiger partial charge in [-0.05, 0) is 30.2 Å². The first kappa shape index (κ1) is 18.6. The van der Waals surface area contributed by atoms with Crippen LogP contribution in [0.4, 0.5) is 0 Å². The molecule has 0 aliphatic carbocycles. The standard InChI is InChI=1S/C15H28N2O2S2/c1-10(2)16-8-13-14(11(3)9-20-13)21(18,19)17-12(4)15(5,6)7/h9-10,12,16-17H,8H2,1-7H3. The van der Waals surface area contributed by atoms with Crippen molar-refractivity contribution < 1.29 is 8.42 Å². The summed E-state index contributed by atoms with van der Waals surface area (Å²) in [7, 11) is -3.49. The van der Waals surface area contributed by atoms with Crippen LogP contribution in [0.1, 0.15) is 52.0 Å². The van der Waals surface area contributed by atoms with Gasteiger partial charge in [0.15, 0.2) is 0 Å². The summed E-state index contributed by atoms with van der Waals surface area (Å²) < 4.78 is 28.2. The lowest BCUT2D eigenvalue weighted by atomic mass is 9.89. The molecule has 1 unspecified atom stereocenters. The number of hydrogen-bond donors (Lipinski definition) is 2. The van der Waals surface area contributed by atoms with E-state index in [2.05, 4.69) is 23.9 Å². The predicted molar refractivity (Wildman–Crippen MR) is 90.3 cm³/mol. The summed E-state index contributed by atoms with van der Waals surface area (Å²) in [5.74, 6) is 0. The molecular formula is C15H28N2O2S2. The zero-order chi connectivity index (χ0) is 16.4. The summed E-state index contributed by atoms with van der Waals surface area (Å²) in [4.78, 5) is 1.31. The highest BCUT2D eigenvalue weighted by molar-refractivity contribution is 7.89. The fraction of sp³-hybridized carbons (Fsp3) is 0.733. The van der Waals surface area contributed by atoms with Crippen LogP contribution in [0.25, 0.3) is 0 Å². The van der Waals surface area contributed by atoms with Gasteiger partial charge in [0.25, 0.3) is 0 Å². The monoisotopic (exact) mass is 332 g/mol. The van der Waals surface area contributed by atoms with Crippen LogP contribution in [0.2, 0.25) is 0 Å². The van der Waals surface area contributed by atoms with E-state index in [-0.39, 0.29) is 11.5 Å². The molecule has 1 aromatic rings. The molecule has 0 aliphatic rings. The van der Waals surface area contributed by atoms with Crippen molar-refractivity contribution in [3.63, 3.8) is 0 Å². The quantitative estimate of drug-likeness (QED) is 0.840. The molecular weight excluding hydrogens is 304 g/mol. The number of nitrogens with one attached hydrogen (secondary N) is 2. The normalized spacial score (nSPS) is 14.7. The van der Waals surface area contributed by atoms with Gasteiger partial charge in [0.2, 0.25) is 10.0 Å². The molecule has 0 aliphatic heterocycles. The second-order valence-corrected chi connectivity index (χ2v) is 9.53. The van der Waals surface area contributed by atoms with E-state index in [9.17, 15) is 8.42 Å². The van der Waals surface area contributed by atoms with Gasteiger partial charge in [-0.2, -0.15) is 0 Å². The SMILES string of the molecule is Cc1csc(CNC(C)C)c1S(=O)(=O)NC(C)C(C)(C)C. The molecule has 0 radical (unpaired) electrons. The van der Waals surface area contributed by atoms with E-state index in [1.54, 1.807) is 0 Å². The maximum Gasteiger partial charge on any atom is 0.242 e. The van der Waals surface area contributed by atoms with Crippen LogP contribution in [-0.4, -0.2) is 20.5 Å². The van der Waals surface area contributed by atoms with Gasteiger partial charge in [0, 0.05) is 23.5 Å².